The molecule has 0 aromatic heterocycles. The van der Waals surface area contributed by atoms with E-state index < -0.39 is 24.2 Å². The number of rotatable bonds is 7. The van der Waals surface area contributed by atoms with E-state index in [2.05, 4.69) is 5.32 Å². The monoisotopic (exact) mass is 330 g/mol. The maximum atomic E-state index is 11.7. The quantitative estimate of drug-likeness (QED) is 0.615. The topological polar surface area (TPSA) is 102 Å². The van der Waals surface area contributed by atoms with Gasteiger partial charge in [0.05, 0.1) is 18.2 Å². The Bertz CT molecular complexity index is 460. The van der Waals surface area contributed by atoms with E-state index in [1.807, 2.05) is 13.8 Å². The van der Waals surface area contributed by atoms with Crippen molar-refractivity contribution in [1.29, 1.82) is 0 Å². The zero-order chi connectivity index (χ0) is 16.7. The SMILES string of the molecule is CCC(CC)O[C@@H]1C=C(C(=O)O)C[C@H](N)[C@H]1NC(=O)C=CCl. The Morgan fingerprint density at radius 2 is 2.18 bits per heavy atom. The molecule has 1 aliphatic carbocycles. The number of carbonyl (C=O) groups excluding carboxylic acids is 1. The average Bonchev–Trinajstić information content (AvgIpc) is 2.47. The molecule has 6 nitrogen and oxygen atoms in total. The summed E-state index contributed by atoms with van der Waals surface area (Å²) in [6, 6.07) is -1.03. The summed E-state index contributed by atoms with van der Waals surface area (Å²) in [4.78, 5) is 22.9. The number of hydrogen-bond acceptors (Lipinski definition) is 4. The average molecular weight is 331 g/mol. The Kier molecular flexibility index (Phi) is 7.58. The Hall–Kier alpha value is -1.37. The Balaban J connectivity index is 2.98. The molecule has 3 atom stereocenters. The molecule has 0 bridgehead atoms. The highest BCUT2D eigenvalue weighted by Crippen LogP contribution is 2.23. The molecule has 1 amide bonds. The molecular formula is C15H23ClN2O4. The van der Waals surface area contributed by atoms with Gasteiger partial charge in [0.25, 0.3) is 0 Å². The molecule has 1 rings (SSSR count). The highest BCUT2D eigenvalue weighted by Gasteiger charge is 2.35. The summed E-state index contributed by atoms with van der Waals surface area (Å²) in [5.74, 6) is -1.40. The van der Waals surface area contributed by atoms with E-state index in [1.54, 1.807) is 6.08 Å². The highest BCUT2D eigenvalue weighted by molar-refractivity contribution is 6.26. The van der Waals surface area contributed by atoms with Gasteiger partial charge in [-0.15, -0.1) is 0 Å². The number of aliphatic carboxylic acids is 1. The molecule has 0 heterocycles. The van der Waals surface area contributed by atoms with Crippen LogP contribution >= 0.6 is 11.6 Å². The fourth-order valence-electron chi connectivity index (χ4n) is 2.44. The normalized spacial score (nSPS) is 25.3. The number of carboxylic acids is 1. The number of nitrogens with two attached hydrogens (primary N) is 1. The summed E-state index contributed by atoms with van der Waals surface area (Å²) in [6.07, 6.45) is 3.88. The van der Waals surface area contributed by atoms with Crippen molar-refractivity contribution in [3.8, 4) is 0 Å². The number of nitrogens with one attached hydrogen (secondary N) is 1. The highest BCUT2D eigenvalue weighted by atomic mass is 35.5. The van der Waals surface area contributed by atoms with Crippen LogP contribution in [0.5, 0.6) is 0 Å². The van der Waals surface area contributed by atoms with E-state index in [9.17, 15) is 14.7 Å². The number of carboxylic acid groups (broad SMARTS) is 1. The lowest BCUT2D eigenvalue weighted by molar-refractivity contribution is -0.133. The van der Waals surface area contributed by atoms with Crippen molar-refractivity contribution in [2.75, 3.05) is 0 Å². The smallest absolute Gasteiger partial charge is 0.331 e. The van der Waals surface area contributed by atoms with Crippen LogP contribution in [0.2, 0.25) is 0 Å². The number of ether oxygens (including phenoxy) is 1. The first-order valence-electron chi connectivity index (χ1n) is 7.35. The van der Waals surface area contributed by atoms with Crippen LogP contribution < -0.4 is 11.1 Å². The minimum Gasteiger partial charge on any atom is -0.478 e. The first-order chi connectivity index (χ1) is 10.4. The molecule has 4 N–H and O–H groups in total. The molecule has 0 aliphatic heterocycles. The van der Waals surface area contributed by atoms with Gasteiger partial charge in [0.1, 0.15) is 0 Å². The van der Waals surface area contributed by atoms with Crippen molar-refractivity contribution < 1.29 is 19.4 Å². The van der Waals surface area contributed by atoms with E-state index in [-0.39, 0.29) is 24.0 Å². The molecule has 0 aromatic carbocycles. The molecule has 0 unspecified atom stereocenters. The fraction of sp³-hybridized carbons (Fsp3) is 0.600. The standard InChI is InChI=1S/C15H23ClN2O4/c1-3-10(4-2)22-12-8-9(15(20)21)7-11(17)14(12)18-13(19)5-6-16/h5-6,8,10-12,14H,3-4,7,17H2,1-2H3,(H,18,19)(H,20,21)/t11-,12+,14+/m0/s1. The lowest BCUT2D eigenvalue weighted by Crippen LogP contribution is -2.57. The maximum Gasteiger partial charge on any atom is 0.331 e. The molecule has 22 heavy (non-hydrogen) atoms. The Morgan fingerprint density at radius 3 is 2.68 bits per heavy atom. The van der Waals surface area contributed by atoms with Crippen molar-refractivity contribution in [1.82, 2.24) is 5.32 Å². The van der Waals surface area contributed by atoms with Crippen LogP contribution in [-0.4, -0.2) is 41.3 Å². The van der Waals surface area contributed by atoms with Crippen LogP contribution in [0.25, 0.3) is 0 Å². The summed E-state index contributed by atoms with van der Waals surface area (Å²) >= 11 is 5.39. The Labute approximate surface area is 135 Å². The number of halogens is 1. The molecule has 0 aromatic rings. The molecule has 0 spiro atoms. The third-order valence-electron chi connectivity index (χ3n) is 3.69. The van der Waals surface area contributed by atoms with Crippen molar-refractivity contribution >= 4 is 23.5 Å². The largest absolute Gasteiger partial charge is 0.478 e. The molecule has 0 saturated heterocycles. The number of hydrogen-bond donors (Lipinski definition) is 3. The van der Waals surface area contributed by atoms with Gasteiger partial charge in [-0.1, -0.05) is 25.4 Å². The minimum absolute atomic E-state index is 0.0235. The lowest BCUT2D eigenvalue weighted by Gasteiger charge is -2.36. The minimum atomic E-state index is -1.01. The fourth-order valence-corrected chi connectivity index (χ4v) is 2.55. The van der Waals surface area contributed by atoms with Gasteiger partial charge in [0.2, 0.25) is 5.91 Å². The first kappa shape index (κ1) is 18.7. The van der Waals surface area contributed by atoms with Crippen molar-refractivity contribution in [2.24, 2.45) is 5.73 Å². The summed E-state index contributed by atoms with van der Waals surface area (Å²) in [5, 5.41) is 11.9. The maximum absolute atomic E-state index is 11.7. The van der Waals surface area contributed by atoms with Crippen molar-refractivity contribution in [3.05, 3.63) is 23.3 Å². The van der Waals surface area contributed by atoms with E-state index >= 15 is 0 Å². The number of amides is 1. The van der Waals surface area contributed by atoms with Gasteiger partial charge in [0.15, 0.2) is 0 Å². The molecular weight excluding hydrogens is 308 g/mol. The third-order valence-corrected chi connectivity index (χ3v) is 3.82. The third kappa shape index (κ3) is 5.12. The van der Waals surface area contributed by atoms with E-state index in [4.69, 9.17) is 22.1 Å². The molecule has 0 fully saturated rings. The lowest BCUT2D eigenvalue weighted by atomic mass is 9.88. The predicted molar refractivity (Wildman–Crippen MR) is 84.5 cm³/mol. The van der Waals surface area contributed by atoms with Gasteiger partial charge in [-0.3, -0.25) is 4.79 Å². The summed E-state index contributed by atoms with van der Waals surface area (Å²) in [7, 11) is 0. The summed E-state index contributed by atoms with van der Waals surface area (Å²) in [5.41, 5.74) is 7.36. The van der Waals surface area contributed by atoms with Crippen molar-refractivity contribution in [3.63, 3.8) is 0 Å². The van der Waals surface area contributed by atoms with Gasteiger partial charge in [-0.25, -0.2) is 4.79 Å². The summed E-state index contributed by atoms with van der Waals surface area (Å²) < 4.78 is 5.94. The molecule has 7 heteroatoms. The van der Waals surface area contributed by atoms with Crippen LogP contribution in [0.1, 0.15) is 33.1 Å². The molecule has 1 aliphatic rings. The molecule has 124 valence electrons. The van der Waals surface area contributed by atoms with Crippen molar-refractivity contribution in [2.45, 2.75) is 57.4 Å². The van der Waals surface area contributed by atoms with Crippen LogP contribution in [0.3, 0.4) is 0 Å². The van der Waals surface area contributed by atoms with Gasteiger partial charge >= 0.3 is 5.97 Å². The zero-order valence-electron chi connectivity index (χ0n) is 12.8. The van der Waals surface area contributed by atoms with E-state index in [0.29, 0.717) is 0 Å². The Morgan fingerprint density at radius 1 is 1.55 bits per heavy atom. The predicted octanol–water partition coefficient (Wildman–Crippen LogP) is 1.54. The molecule has 0 radical (unpaired) electrons. The van der Waals surface area contributed by atoms with Gasteiger partial charge < -0.3 is 20.9 Å². The van der Waals surface area contributed by atoms with Crippen LogP contribution in [0, 0.1) is 0 Å². The number of carbonyl (C=O) groups is 2. The van der Waals surface area contributed by atoms with Crippen LogP contribution in [-0.2, 0) is 14.3 Å². The van der Waals surface area contributed by atoms with Crippen LogP contribution in [0.4, 0.5) is 0 Å². The van der Waals surface area contributed by atoms with Gasteiger partial charge in [0, 0.05) is 23.2 Å². The molecule has 0 saturated carbocycles. The zero-order valence-corrected chi connectivity index (χ0v) is 13.5. The first-order valence-corrected chi connectivity index (χ1v) is 7.78. The van der Waals surface area contributed by atoms with Gasteiger partial charge in [-0.05, 0) is 25.3 Å². The second kappa shape index (κ2) is 8.92. The van der Waals surface area contributed by atoms with Gasteiger partial charge in [-0.2, -0.15) is 0 Å². The van der Waals surface area contributed by atoms with Crippen LogP contribution in [0.15, 0.2) is 23.3 Å². The van der Waals surface area contributed by atoms with E-state index in [0.717, 1.165) is 18.4 Å². The second-order valence-corrected chi connectivity index (χ2v) is 5.48. The summed E-state index contributed by atoms with van der Waals surface area (Å²) in [6.45, 7) is 3.98. The van der Waals surface area contributed by atoms with E-state index in [1.165, 1.54) is 6.08 Å². The second-order valence-electron chi connectivity index (χ2n) is 5.23.